The van der Waals surface area contributed by atoms with Crippen molar-refractivity contribution in [1.29, 1.82) is 0 Å². The van der Waals surface area contributed by atoms with Crippen LogP contribution in [-0.2, 0) is 6.54 Å². The molecule has 0 aliphatic carbocycles. The molecule has 1 heterocycles. The molecule has 2 rings (SSSR count). The lowest BCUT2D eigenvalue weighted by Crippen LogP contribution is -2.18. The van der Waals surface area contributed by atoms with Crippen molar-refractivity contribution < 1.29 is 4.39 Å². The summed E-state index contributed by atoms with van der Waals surface area (Å²) >= 11 is 5.64. The largest absolute Gasteiger partial charge is 0.370 e. The van der Waals surface area contributed by atoms with Crippen molar-refractivity contribution in [3.05, 3.63) is 58.5 Å². The zero-order valence-electron chi connectivity index (χ0n) is 12.0. The van der Waals surface area contributed by atoms with Gasteiger partial charge in [0, 0.05) is 19.3 Å². The molecule has 1 aromatic heterocycles. The highest BCUT2D eigenvalue weighted by molar-refractivity contribution is 6.30. The first-order valence-electron chi connectivity index (χ1n) is 6.96. The lowest BCUT2D eigenvalue weighted by atomic mass is 10.2. The first-order chi connectivity index (χ1) is 10.1. The van der Waals surface area contributed by atoms with Crippen LogP contribution in [0.1, 0.15) is 17.5 Å². The molecule has 0 atom stereocenters. The van der Waals surface area contributed by atoms with Crippen LogP contribution in [0.3, 0.4) is 0 Å². The molecule has 21 heavy (non-hydrogen) atoms. The van der Waals surface area contributed by atoms with Crippen molar-refractivity contribution >= 4 is 17.4 Å². The van der Waals surface area contributed by atoms with Crippen molar-refractivity contribution in [1.82, 2.24) is 10.3 Å². The van der Waals surface area contributed by atoms with E-state index in [9.17, 15) is 4.39 Å². The molecule has 0 bridgehead atoms. The number of hydrogen-bond acceptors (Lipinski definition) is 3. The average molecular weight is 308 g/mol. The van der Waals surface area contributed by atoms with Gasteiger partial charge in [0.2, 0.25) is 0 Å². The van der Waals surface area contributed by atoms with Gasteiger partial charge in [0.05, 0.1) is 5.02 Å². The van der Waals surface area contributed by atoms with Crippen LogP contribution in [0.2, 0.25) is 5.02 Å². The molecule has 3 nitrogen and oxygen atoms in total. The summed E-state index contributed by atoms with van der Waals surface area (Å²) in [5.74, 6) is 0.517. The molecule has 0 saturated carbocycles. The molecule has 0 radical (unpaired) electrons. The standard InChI is InChI=1S/C16H19ClFN3/c1-12-3-6-16(21-10-12)20-8-2-7-19-11-13-4-5-14(17)15(18)9-13/h3-6,9-10,19H,2,7-8,11H2,1H3,(H,20,21). The van der Waals surface area contributed by atoms with Gasteiger partial charge in [-0.1, -0.05) is 23.7 Å². The lowest BCUT2D eigenvalue weighted by Gasteiger charge is -2.07. The van der Waals surface area contributed by atoms with Crippen LogP contribution in [0.5, 0.6) is 0 Å². The Morgan fingerprint density at radius 2 is 2.05 bits per heavy atom. The van der Waals surface area contributed by atoms with Gasteiger partial charge in [-0.3, -0.25) is 0 Å². The van der Waals surface area contributed by atoms with Gasteiger partial charge >= 0.3 is 0 Å². The number of halogens is 2. The number of pyridine rings is 1. The van der Waals surface area contributed by atoms with Gasteiger partial charge in [-0.25, -0.2) is 9.37 Å². The minimum atomic E-state index is -0.372. The van der Waals surface area contributed by atoms with Crippen LogP contribution in [0, 0.1) is 12.7 Å². The third kappa shape index (κ3) is 5.33. The van der Waals surface area contributed by atoms with E-state index in [0.29, 0.717) is 6.54 Å². The molecule has 1 aromatic carbocycles. The molecule has 0 aliphatic heterocycles. The maximum Gasteiger partial charge on any atom is 0.142 e. The molecule has 0 spiro atoms. The van der Waals surface area contributed by atoms with E-state index < -0.39 is 0 Å². The molecule has 5 heteroatoms. The van der Waals surface area contributed by atoms with Gasteiger partial charge in [-0.15, -0.1) is 0 Å². The molecule has 0 unspecified atom stereocenters. The summed E-state index contributed by atoms with van der Waals surface area (Å²) in [5.41, 5.74) is 2.04. The van der Waals surface area contributed by atoms with Crippen LogP contribution in [0.25, 0.3) is 0 Å². The molecule has 2 aromatic rings. The van der Waals surface area contributed by atoms with Crippen molar-refractivity contribution in [2.24, 2.45) is 0 Å². The topological polar surface area (TPSA) is 37.0 Å². The SMILES string of the molecule is Cc1ccc(NCCCNCc2ccc(Cl)c(F)c2)nc1. The first-order valence-corrected chi connectivity index (χ1v) is 7.34. The Morgan fingerprint density at radius 1 is 1.19 bits per heavy atom. The Balaban J connectivity index is 1.61. The number of nitrogens with zero attached hydrogens (tertiary/aromatic N) is 1. The van der Waals surface area contributed by atoms with Crippen molar-refractivity contribution in [2.75, 3.05) is 18.4 Å². The van der Waals surface area contributed by atoms with Crippen LogP contribution >= 0.6 is 11.6 Å². The van der Waals surface area contributed by atoms with Gasteiger partial charge in [-0.05, 0) is 49.2 Å². The van der Waals surface area contributed by atoms with Gasteiger partial charge in [0.15, 0.2) is 0 Å². The van der Waals surface area contributed by atoms with Gasteiger partial charge < -0.3 is 10.6 Å². The fourth-order valence-corrected chi connectivity index (χ4v) is 2.00. The van der Waals surface area contributed by atoms with Crippen molar-refractivity contribution in [3.63, 3.8) is 0 Å². The average Bonchev–Trinajstić information content (AvgIpc) is 2.48. The van der Waals surface area contributed by atoms with Crippen molar-refractivity contribution in [3.8, 4) is 0 Å². The van der Waals surface area contributed by atoms with E-state index in [2.05, 4.69) is 15.6 Å². The van der Waals surface area contributed by atoms with E-state index in [1.165, 1.54) is 6.07 Å². The van der Waals surface area contributed by atoms with Gasteiger partial charge in [-0.2, -0.15) is 0 Å². The lowest BCUT2D eigenvalue weighted by molar-refractivity contribution is 0.618. The Bertz CT molecular complexity index is 572. The Labute approximate surface area is 129 Å². The molecule has 0 aliphatic rings. The second-order valence-corrected chi connectivity index (χ2v) is 5.33. The number of aryl methyl sites for hydroxylation is 1. The third-order valence-corrected chi connectivity index (χ3v) is 3.37. The normalized spacial score (nSPS) is 10.6. The van der Waals surface area contributed by atoms with E-state index in [-0.39, 0.29) is 10.8 Å². The smallest absolute Gasteiger partial charge is 0.142 e. The molecule has 0 fully saturated rings. The highest BCUT2D eigenvalue weighted by Crippen LogP contribution is 2.15. The maximum atomic E-state index is 13.2. The van der Waals surface area contributed by atoms with Crippen LogP contribution in [-0.4, -0.2) is 18.1 Å². The third-order valence-electron chi connectivity index (χ3n) is 3.06. The van der Waals surface area contributed by atoms with Crippen LogP contribution < -0.4 is 10.6 Å². The summed E-state index contributed by atoms with van der Waals surface area (Å²) in [4.78, 5) is 4.28. The number of anilines is 1. The Hall–Kier alpha value is -1.65. The molecule has 112 valence electrons. The summed E-state index contributed by atoms with van der Waals surface area (Å²) in [6, 6.07) is 8.87. The van der Waals surface area contributed by atoms with Gasteiger partial charge in [0.25, 0.3) is 0 Å². The summed E-state index contributed by atoms with van der Waals surface area (Å²) < 4.78 is 13.2. The zero-order chi connectivity index (χ0) is 15.1. The quantitative estimate of drug-likeness (QED) is 0.765. The summed E-state index contributed by atoms with van der Waals surface area (Å²) in [6.07, 6.45) is 2.81. The number of nitrogens with one attached hydrogen (secondary N) is 2. The number of rotatable bonds is 7. The Kier molecular flexibility index (Phi) is 5.96. The van der Waals surface area contributed by atoms with Crippen molar-refractivity contribution in [2.45, 2.75) is 19.9 Å². The summed E-state index contributed by atoms with van der Waals surface area (Å²) in [7, 11) is 0. The number of hydrogen-bond donors (Lipinski definition) is 2. The minimum absolute atomic E-state index is 0.161. The number of benzene rings is 1. The molecule has 2 N–H and O–H groups in total. The Morgan fingerprint density at radius 3 is 2.76 bits per heavy atom. The maximum absolute atomic E-state index is 13.2. The summed E-state index contributed by atoms with van der Waals surface area (Å²) in [5, 5.41) is 6.69. The first kappa shape index (κ1) is 15.7. The molecule has 0 saturated heterocycles. The summed E-state index contributed by atoms with van der Waals surface area (Å²) in [6.45, 7) is 4.35. The molecular weight excluding hydrogens is 289 g/mol. The molecular formula is C16H19ClFN3. The van der Waals surface area contributed by atoms with E-state index in [1.54, 1.807) is 6.07 Å². The molecule has 0 amide bonds. The predicted octanol–water partition coefficient (Wildman–Crippen LogP) is 3.77. The zero-order valence-corrected chi connectivity index (χ0v) is 12.8. The highest BCUT2D eigenvalue weighted by Gasteiger charge is 2.00. The monoisotopic (exact) mass is 307 g/mol. The number of aromatic nitrogens is 1. The fourth-order valence-electron chi connectivity index (χ4n) is 1.88. The minimum Gasteiger partial charge on any atom is -0.370 e. The van der Waals surface area contributed by atoms with Gasteiger partial charge in [0.1, 0.15) is 11.6 Å². The van der Waals surface area contributed by atoms with Crippen LogP contribution in [0.4, 0.5) is 10.2 Å². The van der Waals surface area contributed by atoms with E-state index >= 15 is 0 Å². The van der Waals surface area contributed by atoms with E-state index in [1.807, 2.05) is 31.3 Å². The highest BCUT2D eigenvalue weighted by atomic mass is 35.5. The second-order valence-electron chi connectivity index (χ2n) is 4.93. The second kappa shape index (κ2) is 7.96. The van der Waals surface area contributed by atoms with E-state index in [4.69, 9.17) is 11.6 Å². The predicted molar refractivity (Wildman–Crippen MR) is 85.2 cm³/mol. The van der Waals surface area contributed by atoms with Crippen LogP contribution in [0.15, 0.2) is 36.5 Å². The fraction of sp³-hybridized carbons (Fsp3) is 0.312. The van der Waals surface area contributed by atoms with E-state index in [0.717, 1.165) is 36.5 Å².